The van der Waals surface area contributed by atoms with Crippen LogP contribution >= 0.6 is 0 Å². The molecule has 1 aromatic rings. The van der Waals surface area contributed by atoms with E-state index in [9.17, 15) is 8.42 Å². The molecule has 0 aromatic heterocycles. The molecule has 1 aliphatic rings. The molecule has 0 spiro atoms. The van der Waals surface area contributed by atoms with Gasteiger partial charge in [-0.1, -0.05) is 19.1 Å². The highest BCUT2D eigenvalue weighted by Crippen LogP contribution is 2.37. The molecule has 0 fully saturated rings. The lowest BCUT2D eigenvalue weighted by atomic mass is 9.94. The third kappa shape index (κ3) is 1.87. The van der Waals surface area contributed by atoms with E-state index in [0.29, 0.717) is 4.90 Å². The maximum Gasteiger partial charge on any atom is 0.179 e. The van der Waals surface area contributed by atoms with Crippen LogP contribution < -0.4 is 5.73 Å². The molecule has 0 amide bonds. The van der Waals surface area contributed by atoms with Crippen LogP contribution in [0.15, 0.2) is 23.1 Å². The van der Waals surface area contributed by atoms with Gasteiger partial charge in [-0.15, -0.1) is 0 Å². The molecule has 2 rings (SSSR count). The molecule has 0 saturated carbocycles. The van der Waals surface area contributed by atoms with Gasteiger partial charge in [0.15, 0.2) is 9.84 Å². The zero-order chi connectivity index (χ0) is 11.9. The fraction of sp³-hybridized carbons (Fsp3) is 0.500. The summed E-state index contributed by atoms with van der Waals surface area (Å²) >= 11 is 0. The molecule has 4 heteroatoms. The Morgan fingerprint density at radius 2 is 2.19 bits per heavy atom. The molecule has 2 atom stereocenters. The first-order valence-electron chi connectivity index (χ1n) is 5.52. The van der Waals surface area contributed by atoms with Gasteiger partial charge >= 0.3 is 0 Å². The number of hydrogen-bond acceptors (Lipinski definition) is 3. The standard InChI is InChI=1S/C12H17NO2S/c1-8-7-16(14,15)11-5-3-4-10(12(8)11)6-9(2)13/h3-5,8-9H,6-7,13H2,1-2H3. The summed E-state index contributed by atoms with van der Waals surface area (Å²) in [4.78, 5) is 0.512. The Morgan fingerprint density at radius 3 is 2.81 bits per heavy atom. The number of benzene rings is 1. The van der Waals surface area contributed by atoms with E-state index in [1.165, 1.54) is 0 Å². The quantitative estimate of drug-likeness (QED) is 0.850. The van der Waals surface area contributed by atoms with Crippen LogP contribution in [0, 0.1) is 0 Å². The maximum atomic E-state index is 11.9. The largest absolute Gasteiger partial charge is 0.328 e. The second-order valence-electron chi connectivity index (χ2n) is 4.69. The monoisotopic (exact) mass is 239 g/mol. The lowest BCUT2D eigenvalue weighted by Gasteiger charge is -2.12. The van der Waals surface area contributed by atoms with Crippen molar-refractivity contribution in [1.29, 1.82) is 0 Å². The van der Waals surface area contributed by atoms with Gasteiger partial charge in [0.05, 0.1) is 10.6 Å². The maximum absolute atomic E-state index is 11.9. The first-order valence-corrected chi connectivity index (χ1v) is 7.17. The molecule has 2 unspecified atom stereocenters. The van der Waals surface area contributed by atoms with E-state index < -0.39 is 9.84 Å². The van der Waals surface area contributed by atoms with Crippen LogP contribution in [0.3, 0.4) is 0 Å². The zero-order valence-electron chi connectivity index (χ0n) is 9.60. The summed E-state index contributed by atoms with van der Waals surface area (Å²) in [6.45, 7) is 3.90. The van der Waals surface area contributed by atoms with Crippen molar-refractivity contribution < 1.29 is 8.42 Å². The lowest BCUT2D eigenvalue weighted by Crippen LogP contribution is -2.18. The minimum absolute atomic E-state index is 0.0574. The highest BCUT2D eigenvalue weighted by atomic mass is 32.2. The Kier molecular flexibility index (Phi) is 2.80. The van der Waals surface area contributed by atoms with E-state index >= 15 is 0 Å². The Bertz CT molecular complexity index is 506. The zero-order valence-corrected chi connectivity index (χ0v) is 10.4. The molecule has 2 N–H and O–H groups in total. The van der Waals surface area contributed by atoms with Crippen LogP contribution in [0.5, 0.6) is 0 Å². The van der Waals surface area contributed by atoms with Gasteiger partial charge in [0.2, 0.25) is 0 Å². The Morgan fingerprint density at radius 1 is 1.50 bits per heavy atom. The molecular formula is C12H17NO2S. The number of nitrogens with two attached hydrogens (primary N) is 1. The second kappa shape index (κ2) is 3.86. The van der Waals surface area contributed by atoms with Crippen molar-refractivity contribution >= 4 is 9.84 Å². The molecular weight excluding hydrogens is 222 g/mol. The number of sulfone groups is 1. The van der Waals surface area contributed by atoms with E-state index in [1.807, 2.05) is 26.0 Å². The summed E-state index contributed by atoms with van der Waals surface area (Å²) in [5, 5.41) is 0. The van der Waals surface area contributed by atoms with Crippen molar-refractivity contribution in [3.8, 4) is 0 Å². The molecule has 0 aliphatic carbocycles. The number of rotatable bonds is 2. The molecule has 1 heterocycles. The Balaban J connectivity index is 2.57. The van der Waals surface area contributed by atoms with Gasteiger partial charge in [0, 0.05) is 6.04 Å². The average Bonchev–Trinajstić information content (AvgIpc) is 2.37. The van der Waals surface area contributed by atoms with E-state index in [4.69, 9.17) is 5.73 Å². The molecule has 3 nitrogen and oxygen atoms in total. The van der Waals surface area contributed by atoms with Crippen LogP contribution in [0.4, 0.5) is 0 Å². The van der Waals surface area contributed by atoms with Crippen LogP contribution in [0.2, 0.25) is 0 Å². The van der Waals surface area contributed by atoms with Gasteiger partial charge in [-0.25, -0.2) is 8.42 Å². The lowest BCUT2D eigenvalue weighted by molar-refractivity contribution is 0.598. The van der Waals surface area contributed by atoms with Crippen LogP contribution in [0.25, 0.3) is 0 Å². The second-order valence-corrected chi connectivity index (χ2v) is 6.70. The summed E-state index contributed by atoms with van der Waals surface area (Å²) in [6, 6.07) is 5.56. The fourth-order valence-electron chi connectivity index (χ4n) is 2.45. The molecule has 1 aliphatic heterocycles. The minimum atomic E-state index is -3.05. The first-order chi connectivity index (χ1) is 7.42. The minimum Gasteiger partial charge on any atom is -0.328 e. The average molecular weight is 239 g/mol. The van der Waals surface area contributed by atoms with E-state index in [-0.39, 0.29) is 17.7 Å². The predicted molar refractivity (Wildman–Crippen MR) is 64.3 cm³/mol. The molecule has 1 aromatic carbocycles. The summed E-state index contributed by atoms with van der Waals surface area (Å²) in [7, 11) is -3.05. The fourth-order valence-corrected chi connectivity index (χ4v) is 4.40. The van der Waals surface area contributed by atoms with Gasteiger partial charge in [-0.2, -0.15) is 0 Å². The summed E-state index contributed by atoms with van der Waals surface area (Å²) < 4.78 is 23.7. The van der Waals surface area contributed by atoms with E-state index in [1.54, 1.807) is 6.07 Å². The molecule has 16 heavy (non-hydrogen) atoms. The molecule has 0 saturated heterocycles. The van der Waals surface area contributed by atoms with Crippen molar-refractivity contribution in [1.82, 2.24) is 0 Å². The summed E-state index contributed by atoms with van der Waals surface area (Å²) in [5.41, 5.74) is 7.85. The smallest absolute Gasteiger partial charge is 0.179 e. The van der Waals surface area contributed by atoms with Crippen LogP contribution in [0.1, 0.15) is 30.9 Å². The number of hydrogen-bond donors (Lipinski definition) is 1. The third-order valence-corrected chi connectivity index (χ3v) is 4.96. The summed E-state index contributed by atoms with van der Waals surface area (Å²) in [5.74, 6) is 0.327. The van der Waals surface area contributed by atoms with Crippen molar-refractivity contribution in [3.63, 3.8) is 0 Å². The molecule has 0 radical (unpaired) electrons. The molecule has 0 bridgehead atoms. The van der Waals surface area contributed by atoms with Crippen molar-refractivity contribution in [3.05, 3.63) is 29.3 Å². The Labute approximate surface area is 96.6 Å². The van der Waals surface area contributed by atoms with Crippen molar-refractivity contribution in [2.24, 2.45) is 5.73 Å². The SMILES string of the molecule is CC(N)Cc1cccc2c1C(C)CS2(=O)=O. The topological polar surface area (TPSA) is 60.2 Å². The third-order valence-electron chi connectivity index (χ3n) is 3.00. The van der Waals surface area contributed by atoms with Gasteiger partial charge in [0.1, 0.15) is 0 Å². The van der Waals surface area contributed by atoms with Crippen molar-refractivity contribution in [2.75, 3.05) is 5.75 Å². The van der Waals surface area contributed by atoms with Gasteiger partial charge < -0.3 is 5.73 Å². The van der Waals surface area contributed by atoms with Gasteiger partial charge in [0.25, 0.3) is 0 Å². The van der Waals surface area contributed by atoms with Crippen LogP contribution in [-0.4, -0.2) is 20.2 Å². The van der Waals surface area contributed by atoms with Gasteiger partial charge in [-0.3, -0.25) is 0 Å². The van der Waals surface area contributed by atoms with E-state index in [0.717, 1.165) is 17.5 Å². The first kappa shape index (κ1) is 11.6. The number of fused-ring (bicyclic) bond motifs is 1. The normalized spacial score (nSPS) is 24.1. The Hall–Kier alpha value is -0.870. The summed E-state index contributed by atoms with van der Waals surface area (Å²) in [6.07, 6.45) is 0.739. The highest BCUT2D eigenvalue weighted by molar-refractivity contribution is 7.91. The van der Waals surface area contributed by atoms with Gasteiger partial charge in [-0.05, 0) is 36.5 Å². The van der Waals surface area contributed by atoms with Crippen LogP contribution in [-0.2, 0) is 16.3 Å². The van der Waals surface area contributed by atoms with E-state index in [2.05, 4.69) is 0 Å². The predicted octanol–water partition coefficient (Wildman–Crippen LogP) is 1.47. The van der Waals surface area contributed by atoms with Crippen molar-refractivity contribution in [2.45, 2.75) is 37.1 Å². The molecule has 88 valence electrons. The highest BCUT2D eigenvalue weighted by Gasteiger charge is 2.33.